The summed E-state index contributed by atoms with van der Waals surface area (Å²) in [5.74, 6) is 1.14. The van der Waals surface area contributed by atoms with Crippen LogP contribution in [0.3, 0.4) is 0 Å². The normalized spacial score (nSPS) is 26.5. The fourth-order valence-corrected chi connectivity index (χ4v) is 13.9. The second-order valence-electron chi connectivity index (χ2n) is 20.1. The first-order valence-corrected chi connectivity index (χ1v) is 24.5. The van der Waals surface area contributed by atoms with Crippen molar-refractivity contribution in [3.63, 3.8) is 0 Å². The fourth-order valence-electron chi connectivity index (χ4n) is 13.9. The Labute approximate surface area is 391 Å². The lowest BCUT2D eigenvalue weighted by atomic mass is 9.61. The van der Waals surface area contributed by atoms with Gasteiger partial charge in [-0.15, -0.1) is 0 Å². The number of anilines is 3. The third kappa shape index (κ3) is 5.73. The number of rotatable bonds is 7. The molecule has 322 valence electrons. The Hall–Kier alpha value is -6.90. The lowest BCUT2D eigenvalue weighted by Crippen LogP contribution is -2.43. The van der Waals surface area contributed by atoms with E-state index in [1.165, 1.54) is 78.5 Å². The summed E-state index contributed by atoms with van der Waals surface area (Å²) >= 11 is 0. The van der Waals surface area contributed by atoms with E-state index in [2.05, 4.69) is 236 Å². The van der Waals surface area contributed by atoms with Gasteiger partial charge in [-0.2, -0.15) is 0 Å². The molecule has 0 radical (unpaired) electrons. The predicted octanol–water partition coefficient (Wildman–Crippen LogP) is 15.7. The molecule has 1 saturated carbocycles. The van der Waals surface area contributed by atoms with Gasteiger partial charge in [0, 0.05) is 51.1 Å². The number of para-hydroxylation sites is 1. The number of fused-ring (bicyclic) bond motifs is 12. The molecule has 5 aromatic carbocycles. The molecule has 8 aliphatic carbocycles. The highest BCUT2D eigenvalue weighted by molar-refractivity contribution is 5.91. The second-order valence-corrected chi connectivity index (χ2v) is 20.1. The van der Waals surface area contributed by atoms with E-state index in [9.17, 15) is 0 Å². The van der Waals surface area contributed by atoms with Gasteiger partial charge in [0.1, 0.15) is 0 Å². The summed E-state index contributed by atoms with van der Waals surface area (Å²) in [7, 11) is 0. The highest BCUT2D eigenvalue weighted by Crippen LogP contribution is 2.70. The van der Waals surface area contributed by atoms with Gasteiger partial charge in [-0.3, -0.25) is 0 Å². The summed E-state index contributed by atoms with van der Waals surface area (Å²) in [5, 5.41) is 0. The third-order valence-electron chi connectivity index (χ3n) is 16.6. The highest BCUT2D eigenvalue weighted by Gasteiger charge is 2.65. The minimum Gasteiger partial charge on any atom is -0.337 e. The molecule has 0 amide bonds. The van der Waals surface area contributed by atoms with Crippen LogP contribution >= 0.6 is 0 Å². The third-order valence-corrected chi connectivity index (χ3v) is 16.6. The van der Waals surface area contributed by atoms with E-state index >= 15 is 0 Å². The number of hydrogen-bond acceptors (Lipinski definition) is 2. The minimum absolute atomic E-state index is 0.0851. The van der Waals surface area contributed by atoms with Crippen molar-refractivity contribution in [2.75, 3.05) is 9.80 Å². The molecule has 13 rings (SSSR count). The average molecular weight is 853 g/mol. The van der Waals surface area contributed by atoms with Gasteiger partial charge in [-0.1, -0.05) is 183 Å². The lowest BCUT2D eigenvalue weighted by molar-refractivity contribution is 0.347. The van der Waals surface area contributed by atoms with Crippen molar-refractivity contribution in [2.45, 2.75) is 62.8 Å². The van der Waals surface area contributed by atoms with Crippen LogP contribution in [0.25, 0.3) is 22.3 Å². The van der Waals surface area contributed by atoms with Gasteiger partial charge in [-0.25, -0.2) is 0 Å². The molecule has 0 aliphatic heterocycles. The maximum absolute atomic E-state index is 2.74. The van der Waals surface area contributed by atoms with Gasteiger partial charge in [-0.05, 0) is 143 Å². The van der Waals surface area contributed by atoms with E-state index in [4.69, 9.17) is 0 Å². The zero-order valence-electron chi connectivity index (χ0n) is 38.0. The van der Waals surface area contributed by atoms with Crippen LogP contribution < -0.4 is 9.80 Å². The van der Waals surface area contributed by atoms with Gasteiger partial charge in [0.05, 0.1) is 6.04 Å². The first kappa shape index (κ1) is 39.5. The first-order chi connectivity index (χ1) is 32.5. The molecular weight excluding hydrogens is 797 g/mol. The Morgan fingerprint density at radius 3 is 2.09 bits per heavy atom. The molecule has 0 aromatic heterocycles. The SMILES string of the molecule is CC1(C)c2ccccc2-c2ccc(N(C3=CC=CCC3)c3ccc4c(c3)C3(C5=C4C=CCC5)C4C=CC=CC4C4C(N(c5ccccc5)C5CC=CC=C5c5ccccc5)=CC=CC43)cc21. The molecule has 6 atom stereocenters. The Kier molecular flexibility index (Phi) is 9.18. The molecule has 1 fully saturated rings. The van der Waals surface area contributed by atoms with E-state index in [0.717, 1.165) is 32.1 Å². The van der Waals surface area contributed by atoms with E-state index in [0.29, 0.717) is 11.8 Å². The van der Waals surface area contributed by atoms with Crippen LogP contribution in [0.1, 0.15) is 73.8 Å². The summed E-state index contributed by atoms with van der Waals surface area (Å²) < 4.78 is 0. The number of hydrogen-bond donors (Lipinski definition) is 0. The van der Waals surface area contributed by atoms with Gasteiger partial charge < -0.3 is 9.80 Å². The highest BCUT2D eigenvalue weighted by atomic mass is 15.2. The monoisotopic (exact) mass is 852 g/mol. The Bertz CT molecular complexity index is 3120. The van der Waals surface area contributed by atoms with Crippen molar-refractivity contribution in [1.29, 1.82) is 0 Å². The predicted molar refractivity (Wildman–Crippen MR) is 276 cm³/mol. The summed E-state index contributed by atoms with van der Waals surface area (Å²) in [6.07, 6.45) is 41.4. The first-order valence-electron chi connectivity index (χ1n) is 24.5. The van der Waals surface area contributed by atoms with E-state index in [-0.39, 0.29) is 28.7 Å². The van der Waals surface area contributed by atoms with Gasteiger partial charge in [0.15, 0.2) is 0 Å². The molecule has 2 nitrogen and oxygen atoms in total. The molecule has 66 heavy (non-hydrogen) atoms. The molecule has 8 aliphatic rings. The number of benzene rings is 5. The Balaban J connectivity index is 0.985. The van der Waals surface area contributed by atoms with Crippen molar-refractivity contribution >= 4 is 28.2 Å². The second kappa shape index (κ2) is 15.3. The van der Waals surface area contributed by atoms with Crippen LogP contribution in [0.15, 0.2) is 229 Å². The Morgan fingerprint density at radius 1 is 0.545 bits per heavy atom. The zero-order chi connectivity index (χ0) is 44.0. The molecule has 2 heteroatoms. The summed E-state index contributed by atoms with van der Waals surface area (Å²) in [6, 6.07) is 46.4. The lowest BCUT2D eigenvalue weighted by Gasteiger charge is -2.45. The average Bonchev–Trinajstić information content (AvgIpc) is 3.94. The van der Waals surface area contributed by atoms with Crippen molar-refractivity contribution < 1.29 is 0 Å². The summed E-state index contributed by atoms with van der Waals surface area (Å²) in [6.45, 7) is 4.80. The molecule has 1 spiro atoms. The molecule has 5 aromatic rings. The van der Waals surface area contributed by atoms with E-state index in [1.807, 2.05) is 0 Å². The van der Waals surface area contributed by atoms with Crippen LogP contribution in [-0.4, -0.2) is 6.04 Å². The zero-order valence-corrected chi connectivity index (χ0v) is 38.0. The van der Waals surface area contributed by atoms with Crippen molar-refractivity contribution in [3.8, 4) is 11.1 Å². The largest absolute Gasteiger partial charge is 0.337 e. The molecule has 0 heterocycles. The van der Waals surface area contributed by atoms with E-state index < -0.39 is 0 Å². The quantitative estimate of drug-likeness (QED) is 0.161. The Morgan fingerprint density at radius 2 is 1.26 bits per heavy atom. The van der Waals surface area contributed by atoms with Crippen LogP contribution in [0.5, 0.6) is 0 Å². The minimum atomic E-state index is -0.209. The molecule has 6 unspecified atom stereocenters. The topological polar surface area (TPSA) is 6.48 Å². The number of allylic oxidation sites excluding steroid dienone is 18. The van der Waals surface area contributed by atoms with Gasteiger partial charge >= 0.3 is 0 Å². The van der Waals surface area contributed by atoms with Crippen LogP contribution in [0.2, 0.25) is 0 Å². The molecule has 0 bridgehead atoms. The maximum Gasteiger partial charge on any atom is 0.0628 e. The van der Waals surface area contributed by atoms with Gasteiger partial charge in [0.2, 0.25) is 0 Å². The van der Waals surface area contributed by atoms with Crippen LogP contribution in [0, 0.1) is 23.7 Å². The number of nitrogens with zero attached hydrogens (tertiary/aromatic N) is 2. The van der Waals surface area contributed by atoms with Crippen molar-refractivity contribution in [2.24, 2.45) is 23.7 Å². The van der Waals surface area contributed by atoms with Crippen molar-refractivity contribution in [1.82, 2.24) is 0 Å². The van der Waals surface area contributed by atoms with Gasteiger partial charge in [0.25, 0.3) is 0 Å². The summed E-state index contributed by atoms with van der Waals surface area (Å²) in [5.41, 5.74) is 20.5. The molecule has 0 N–H and O–H groups in total. The standard InChI is InChI=1S/C64H56N2/c1-63(2)54-31-16-12-28-49(54)51-39-37-46(41-58(51)63)65(44-23-8-4-9-24-44)47-38-40-52-50-29-13-17-32-55(50)64(59(52)42-47)56-33-18-14-30-53(56)62-57(64)34-20-36-61(62)66(45-25-10-5-11-26-45)60-35-19-15-27-48(60)43-21-6-3-7-22-43/h3-8,10-16,18-23,25-31,33-34,36-42,53,56-57,60,62H,9,17,24,32,35H2,1-2H3. The fraction of sp³-hybridized carbons (Fsp3) is 0.219. The van der Waals surface area contributed by atoms with Crippen LogP contribution in [-0.2, 0) is 10.8 Å². The maximum atomic E-state index is 2.74. The van der Waals surface area contributed by atoms with Crippen LogP contribution in [0.4, 0.5) is 17.1 Å². The van der Waals surface area contributed by atoms with Crippen molar-refractivity contribution in [3.05, 3.63) is 257 Å². The molecule has 0 saturated heterocycles. The summed E-state index contributed by atoms with van der Waals surface area (Å²) in [4.78, 5) is 5.35. The van der Waals surface area contributed by atoms with E-state index in [1.54, 1.807) is 5.57 Å². The smallest absolute Gasteiger partial charge is 0.0628 e. The molecular formula is C64H56N2.